The molecule has 0 bridgehead atoms. The Kier molecular flexibility index (Phi) is 11.5. The summed E-state index contributed by atoms with van der Waals surface area (Å²) in [7, 11) is 5.49. The molecule has 0 radical (unpaired) electrons. The molecule has 0 unspecified atom stereocenters. The van der Waals surface area contributed by atoms with Crippen molar-refractivity contribution in [2.45, 2.75) is 58.3 Å². The number of hydrogen-bond donors (Lipinski definition) is 2. The maximum atomic E-state index is 14.4. The fourth-order valence-corrected chi connectivity index (χ4v) is 6.94. The summed E-state index contributed by atoms with van der Waals surface area (Å²) in [5.41, 5.74) is 0.301. The topological polar surface area (TPSA) is 98.0 Å². The van der Waals surface area contributed by atoms with Crippen molar-refractivity contribution in [3.8, 4) is 0 Å². The van der Waals surface area contributed by atoms with Crippen LogP contribution in [0.3, 0.4) is 0 Å². The number of carbonyl (C=O) groups excluding carboxylic acids is 2. The van der Waals surface area contributed by atoms with Crippen LogP contribution >= 0.6 is 0 Å². The van der Waals surface area contributed by atoms with Gasteiger partial charge >= 0.3 is 6.18 Å². The van der Waals surface area contributed by atoms with Crippen LogP contribution in [-0.4, -0.2) is 97.5 Å². The second-order valence-electron chi connectivity index (χ2n) is 13.1. The number of alkyl halides is 3. The number of rotatable bonds is 9. The largest absolute Gasteiger partial charge is 0.416 e. The third-order valence-electron chi connectivity index (χ3n) is 9.33. The second kappa shape index (κ2) is 15.0. The highest BCUT2D eigenvalue weighted by atomic mass is 19.4. The Morgan fingerprint density at radius 3 is 2.31 bits per heavy atom. The summed E-state index contributed by atoms with van der Waals surface area (Å²) in [6.07, 6.45) is 1.24. The fraction of sp³-hybridized carbons (Fsp3) is 0.500. The maximum Gasteiger partial charge on any atom is 0.416 e. The predicted octanol–water partition coefficient (Wildman–Crippen LogP) is 5.84. The van der Waals surface area contributed by atoms with Crippen molar-refractivity contribution in [3.63, 3.8) is 0 Å². The molecule has 9 nitrogen and oxygen atoms in total. The van der Waals surface area contributed by atoms with E-state index in [0.29, 0.717) is 62.7 Å². The monoisotopic (exact) mass is 667 g/mol. The van der Waals surface area contributed by atoms with Gasteiger partial charge in [-0.25, -0.2) is 0 Å². The number of hydrogen-bond acceptors (Lipinski definition) is 6. The first kappa shape index (κ1) is 36.8. The molecule has 2 heterocycles. The molecular weight excluding hydrogens is 619 g/mol. The highest BCUT2D eigenvalue weighted by molar-refractivity contribution is 6.10. The molecule has 260 valence electrons. The van der Waals surface area contributed by atoms with Crippen LogP contribution in [0.2, 0.25) is 0 Å². The zero-order valence-electron chi connectivity index (χ0n) is 28.8. The Balaban J connectivity index is 0.00000255. The Labute approximate surface area is 282 Å². The van der Waals surface area contributed by atoms with Crippen LogP contribution in [0, 0.1) is 16.7 Å². The van der Waals surface area contributed by atoms with Gasteiger partial charge in [-0.05, 0) is 73.8 Å². The van der Waals surface area contributed by atoms with Gasteiger partial charge in [-0.2, -0.15) is 13.2 Å². The molecule has 0 aromatic heterocycles. The predicted molar refractivity (Wildman–Crippen MR) is 184 cm³/mol. The average molecular weight is 668 g/mol. The number of fused-ring (bicyclic) bond motifs is 1. The first-order chi connectivity index (χ1) is 22.7. The highest BCUT2D eigenvalue weighted by Crippen LogP contribution is 2.50. The molecule has 1 saturated carbocycles. The van der Waals surface area contributed by atoms with Crippen molar-refractivity contribution in [2.75, 3.05) is 58.8 Å². The van der Waals surface area contributed by atoms with E-state index in [0.717, 1.165) is 18.0 Å². The van der Waals surface area contributed by atoms with Gasteiger partial charge in [0.25, 0.3) is 5.91 Å². The summed E-state index contributed by atoms with van der Waals surface area (Å²) in [5.74, 6) is 0.0948. The van der Waals surface area contributed by atoms with Crippen LogP contribution in [0.15, 0.2) is 48.6 Å². The fourth-order valence-electron chi connectivity index (χ4n) is 6.94. The molecule has 1 aliphatic carbocycles. The molecule has 1 saturated heterocycles. The van der Waals surface area contributed by atoms with Gasteiger partial charge < -0.3 is 19.6 Å². The number of amidine groups is 1. The lowest BCUT2D eigenvalue weighted by Gasteiger charge is -2.48. The molecule has 2 fully saturated rings. The Bertz CT molecular complexity index is 1540. The molecule has 2 amide bonds. The molecule has 5 rings (SSSR count). The molecule has 2 aromatic rings. The quantitative estimate of drug-likeness (QED) is 0.199. The van der Waals surface area contributed by atoms with Crippen molar-refractivity contribution < 1.29 is 22.8 Å². The van der Waals surface area contributed by atoms with Gasteiger partial charge in [-0.3, -0.25) is 25.3 Å². The number of benzene rings is 2. The summed E-state index contributed by atoms with van der Waals surface area (Å²) in [4.78, 5) is 34.8. The van der Waals surface area contributed by atoms with Gasteiger partial charge in [0.1, 0.15) is 5.84 Å². The third-order valence-corrected chi connectivity index (χ3v) is 9.33. The van der Waals surface area contributed by atoms with Gasteiger partial charge in [0.2, 0.25) is 5.91 Å². The standard InChI is InChI=1S/C34H42F3N7O2.C2H6/c1-23-18-33(19-23,32(39)41(4)22-38)25-7-5-8-26(17-25)44-21-28-27(31(44)46)15-24(16-29(28)34(35,36)37)20-42-11-13-43(14-12-42)30(45)9-6-10-40(2)3;1-2/h5-9,15-17,22-23,38-39H,10-14,18-21H2,1-4H3;1-2H3/b9-6+,38-22?,39-32?;. The number of piperazine rings is 1. The van der Waals surface area contributed by atoms with E-state index in [1.807, 2.05) is 56.0 Å². The van der Waals surface area contributed by atoms with E-state index in [-0.39, 0.29) is 36.0 Å². The number of halogens is 3. The van der Waals surface area contributed by atoms with Gasteiger partial charge in [-0.15, -0.1) is 0 Å². The Hall–Kier alpha value is -4.03. The van der Waals surface area contributed by atoms with Crippen LogP contribution in [0.5, 0.6) is 0 Å². The van der Waals surface area contributed by atoms with Crippen LogP contribution < -0.4 is 4.90 Å². The lowest BCUT2D eigenvalue weighted by Crippen LogP contribution is -2.52. The number of likely N-dealkylation sites (N-methyl/N-ethyl adjacent to an activating group) is 2. The van der Waals surface area contributed by atoms with Gasteiger partial charge in [0.05, 0.1) is 23.9 Å². The maximum absolute atomic E-state index is 14.4. The molecular formula is C36H48F3N7O2. The molecule has 0 atom stereocenters. The highest BCUT2D eigenvalue weighted by Gasteiger charge is 2.49. The molecule has 0 spiro atoms. The molecule has 2 aromatic carbocycles. The van der Waals surface area contributed by atoms with E-state index < -0.39 is 23.1 Å². The number of amides is 2. The summed E-state index contributed by atoms with van der Waals surface area (Å²) in [6.45, 7) is 8.76. The number of carbonyl (C=O) groups is 2. The minimum Gasteiger partial charge on any atom is -0.337 e. The van der Waals surface area contributed by atoms with E-state index in [2.05, 4.69) is 6.92 Å². The van der Waals surface area contributed by atoms with Crippen molar-refractivity contribution in [3.05, 3.63) is 76.4 Å². The minimum absolute atomic E-state index is 0.0326. The first-order valence-electron chi connectivity index (χ1n) is 16.5. The number of nitrogens with zero attached hydrogens (tertiary/aromatic N) is 5. The van der Waals surface area contributed by atoms with Gasteiger partial charge in [-0.1, -0.05) is 39.0 Å². The van der Waals surface area contributed by atoms with Crippen LogP contribution in [0.25, 0.3) is 0 Å². The van der Waals surface area contributed by atoms with E-state index in [9.17, 15) is 22.8 Å². The molecule has 48 heavy (non-hydrogen) atoms. The summed E-state index contributed by atoms with van der Waals surface area (Å²) in [6, 6.07) is 9.95. The van der Waals surface area contributed by atoms with Crippen molar-refractivity contribution in [1.82, 2.24) is 19.6 Å². The molecule has 2 N–H and O–H groups in total. The van der Waals surface area contributed by atoms with E-state index in [1.165, 1.54) is 9.80 Å². The summed E-state index contributed by atoms with van der Waals surface area (Å²) >= 11 is 0. The SMILES string of the molecule is CC.CC1CC(C(=N)N(C)C=N)(c2cccc(N3Cc4c(cc(CN5CCN(C(=O)/C=C/CN(C)C)CC5)cc4C(F)(F)F)C3=O)c2)C1. The second-order valence-corrected chi connectivity index (χ2v) is 13.1. The van der Waals surface area contributed by atoms with Gasteiger partial charge in [0, 0.05) is 63.6 Å². The molecule has 3 aliphatic rings. The van der Waals surface area contributed by atoms with Crippen molar-refractivity contribution >= 4 is 29.7 Å². The van der Waals surface area contributed by atoms with Crippen LogP contribution in [-0.2, 0) is 29.5 Å². The smallest absolute Gasteiger partial charge is 0.337 e. The average Bonchev–Trinajstić information content (AvgIpc) is 3.38. The summed E-state index contributed by atoms with van der Waals surface area (Å²) < 4.78 is 43.2. The molecule has 12 heteroatoms. The van der Waals surface area contributed by atoms with Gasteiger partial charge in [0.15, 0.2) is 0 Å². The third kappa shape index (κ3) is 7.65. The van der Waals surface area contributed by atoms with Crippen molar-refractivity contribution in [1.29, 1.82) is 10.8 Å². The van der Waals surface area contributed by atoms with Crippen LogP contribution in [0.4, 0.5) is 18.9 Å². The summed E-state index contributed by atoms with van der Waals surface area (Å²) in [5, 5.41) is 16.4. The first-order valence-corrected chi connectivity index (χ1v) is 16.5. The van der Waals surface area contributed by atoms with Crippen molar-refractivity contribution in [2.24, 2.45) is 5.92 Å². The zero-order chi connectivity index (χ0) is 35.4. The lowest BCUT2D eigenvalue weighted by molar-refractivity contribution is -0.138. The molecule has 2 aliphatic heterocycles. The van der Waals surface area contributed by atoms with E-state index in [1.54, 1.807) is 36.2 Å². The van der Waals surface area contributed by atoms with Crippen LogP contribution in [0.1, 0.15) is 66.2 Å². The van der Waals surface area contributed by atoms with E-state index in [4.69, 9.17) is 10.8 Å². The zero-order valence-corrected chi connectivity index (χ0v) is 28.8. The Morgan fingerprint density at radius 1 is 1.06 bits per heavy atom. The Morgan fingerprint density at radius 2 is 1.73 bits per heavy atom. The normalized spacial score (nSPS) is 21.1. The lowest BCUT2D eigenvalue weighted by atomic mass is 9.58. The van der Waals surface area contributed by atoms with E-state index >= 15 is 0 Å². The number of anilines is 1. The minimum atomic E-state index is -4.64. The number of nitrogens with one attached hydrogen (secondary N) is 2.